The SMILES string of the molecule is CCCOc1cccc(CNCC2CCN(C(C)C)C2)c1. The van der Waals surface area contributed by atoms with Crippen molar-refractivity contribution in [3.05, 3.63) is 29.8 Å². The van der Waals surface area contributed by atoms with Gasteiger partial charge in [-0.2, -0.15) is 0 Å². The van der Waals surface area contributed by atoms with Gasteiger partial charge in [0.2, 0.25) is 0 Å². The molecule has 1 heterocycles. The molecule has 0 bridgehead atoms. The van der Waals surface area contributed by atoms with Crippen molar-refractivity contribution < 1.29 is 4.74 Å². The van der Waals surface area contributed by atoms with Gasteiger partial charge in [-0.15, -0.1) is 0 Å². The van der Waals surface area contributed by atoms with Crippen molar-refractivity contribution in [2.24, 2.45) is 5.92 Å². The highest BCUT2D eigenvalue weighted by Gasteiger charge is 2.23. The Bertz CT molecular complexity index is 419. The van der Waals surface area contributed by atoms with Crippen molar-refractivity contribution in [2.45, 2.75) is 46.2 Å². The van der Waals surface area contributed by atoms with E-state index in [-0.39, 0.29) is 0 Å². The summed E-state index contributed by atoms with van der Waals surface area (Å²) in [5, 5.41) is 3.60. The zero-order chi connectivity index (χ0) is 15.1. The Hall–Kier alpha value is -1.06. The number of hydrogen-bond donors (Lipinski definition) is 1. The third kappa shape index (κ3) is 5.33. The van der Waals surface area contributed by atoms with Crippen molar-refractivity contribution in [1.29, 1.82) is 0 Å². The van der Waals surface area contributed by atoms with Gasteiger partial charge in [-0.25, -0.2) is 0 Å². The van der Waals surface area contributed by atoms with Gasteiger partial charge in [0.05, 0.1) is 6.61 Å². The monoisotopic (exact) mass is 290 g/mol. The number of nitrogens with zero attached hydrogens (tertiary/aromatic N) is 1. The summed E-state index contributed by atoms with van der Waals surface area (Å²) in [4.78, 5) is 2.57. The fourth-order valence-corrected chi connectivity index (χ4v) is 2.88. The van der Waals surface area contributed by atoms with Crippen LogP contribution in [0, 0.1) is 5.92 Å². The Labute approximate surface area is 129 Å². The number of rotatable bonds is 8. The fraction of sp³-hybridized carbons (Fsp3) is 0.667. The largest absolute Gasteiger partial charge is 0.494 e. The molecule has 118 valence electrons. The molecule has 0 saturated carbocycles. The molecule has 0 amide bonds. The Balaban J connectivity index is 1.71. The minimum absolute atomic E-state index is 0.683. The molecule has 3 heteroatoms. The molecule has 21 heavy (non-hydrogen) atoms. The molecule has 1 unspecified atom stereocenters. The second-order valence-corrected chi connectivity index (χ2v) is 6.37. The number of likely N-dealkylation sites (tertiary alicyclic amines) is 1. The highest BCUT2D eigenvalue weighted by Crippen LogP contribution is 2.18. The lowest BCUT2D eigenvalue weighted by Crippen LogP contribution is -2.30. The summed E-state index contributed by atoms with van der Waals surface area (Å²) >= 11 is 0. The van der Waals surface area contributed by atoms with Crippen molar-refractivity contribution in [3.8, 4) is 5.75 Å². The fourth-order valence-electron chi connectivity index (χ4n) is 2.88. The van der Waals surface area contributed by atoms with Gasteiger partial charge >= 0.3 is 0 Å². The van der Waals surface area contributed by atoms with Crippen LogP contribution in [-0.2, 0) is 6.54 Å². The molecule has 3 nitrogen and oxygen atoms in total. The minimum Gasteiger partial charge on any atom is -0.494 e. The van der Waals surface area contributed by atoms with Crippen LogP contribution < -0.4 is 10.1 Å². The molecule has 0 spiro atoms. The van der Waals surface area contributed by atoms with Crippen LogP contribution in [0.4, 0.5) is 0 Å². The van der Waals surface area contributed by atoms with E-state index >= 15 is 0 Å². The van der Waals surface area contributed by atoms with Crippen molar-refractivity contribution in [1.82, 2.24) is 10.2 Å². The lowest BCUT2D eigenvalue weighted by molar-refractivity contribution is 0.264. The first-order chi connectivity index (χ1) is 10.2. The number of nitrogens with one attached hydrogen (secondary N) is 1. The molecule has 0 radical (unpaired) electrons. The van der Waals surface area contributed by atoms with E-state index in [4.69, 9.17) is 4.74 Å². The first-order valence-corrected chi connectivity index (χ1v) is 8.35. The van der Waals surface area contributed by atoms with E-state index in [2.05, 4.69) is 49.2 Å². The van der Waals surface area contributed by atoms with Crippen LogP contribution in [-0.4, -0.2) is 37.2 Å². The Morgan fingerprint density at radius 2 is 2.24 bits per heavy atom. The third-order valence-corrected chi connectivity index (χ3v) is 4.18. The Morgan fingerprint density at radius 3 is 2.95 bits per heavy atom. The molecule has 0 aliphatic carbocycles. The second kappa shape index (κ2) is 8.40. The van der Waals surface area contributed by atoms with E-state index in [1.807, 2.05) is 6.07 Å². The topological polar surface area (TPSA) is 24.5 Å². The minimum atomic E-state index is 0.683. The van der Waals surface area contributed by atoms with E-state index in [1.54, 1.807) is 0 Å². The van der Waals surface area contributed by atoms with E-state index < -0.39 is 0 Å². The lowest BCUT2D eigenvalue weighted by Gasteiger charge is -2.20. The average molecular weight is 290 g/mol. The molecular formula is C18H30N2O. The van der Waals surface area contributed by atoms with Crippen molar-refractivity contribution in [3.63, 3.8) is 0 Å². The highest BCUT2D eigenvalue weighted by molar-refractivity contribution is 5.28. The summed E-state index contributed by atoms with van der Waals surface area (Å²) in [5.41, 5.74) is 1.31. The van der Waals surface area contributed by atoms with Gasteiger partial charge in [-0.1, -0.05) is 19.1 Å². The lowest BCUT2D eigenvalue weighted by atomic mass is 10.1. The van der Waals surface area contributed by atoms with Crippen LogP contribution in [0.15, 0.2) is 24.3 Å². The molecular weight excluding hydrogens is 260 g/mol. The summed E-state index contributed by atoms with van der Waals surface area (Å²) in [5.74, 6) is 1.79. The third-order valence-electron chi connectivity index (χ3n) is 4.18. The quantitative estimate of drug-likeness (QED) is 0.795. The average Bonchev–Trinajstić information content (AvgIpc) is 2.95. The van der Waals surface area contributed by atoms with Crippen molar-refractivity contribution >= 4 is 0 Å². The van der Waals surface area contributed by atoms with Crippen molar-refractivity contribution in [2.75, 3.05) is 26.2 Å². The molecule has 1 saturated heterocycles. The van der Waals surface area contributed by atoms with Crippen LogP contribution in [0.2, 0.25) is 0 Å². The molecule has 0 aromatic heterocycles. The molecule has 1 aromatic carbocycles. The zero-order valence-corrected chi connectivity index (χ0v) is 13.8. The summed E-state index contributed by atoms with van der Waals surface area (Å²) in [6.45, 7) is 12.0. The maximum Gasteiger partial charge on any atom is 0.119 e. The Kier molecular flexibility index (Phi) is 6.52. The van der Waals surface area contributed by atoms with Gasteiger partial charge in [-0.05, 0) is 63.4 Å². The van der Waals surface area contributed by atoms with Gasteiger partial charge in [0, 0.05) is 19.1 Å². The van der Waals surface area contributed by atoms with Gasteiger partial charge < -0.3 is 15.0 Å². The zero-order valence-electron chi connectivity index (χ0n) is 13.8. The predicted molar refractivity (Wildman–Crippen MR) is 88.8 cm³/mol. The summed E-state index contributed by atoms with van der Waals surface area (Å²) in [6.07, 6.45) is 2.38. The van der Waals surface area contributed by atoms with Gasteiger partial charge in [0.1, 0.15) is 5.75 Å². The van der Waals surface area contributed by atoms with E-state index in [9.17, 15) is 0 Å². The Morgan fingerprint density at radius 1 is 1.38 bits per heavy atom. The van der Waals surface area contributed by atoms with Crippen LogP contribution in [0.1, 0.15) is 39.2 Å². The maximum absolute atomic E-state index is 5.68. The van der Waals surface area contributed by atoms with E-state index in [0.29, 0.717) is 6.04 Å². The molecule has 1 aliphatic heterocycles. The number of benzene rings is 1. The number of ether oxygens (including phenoxy) is 1. The van der Waals surface area contributed by atoms with Gasteiger partial charge in [0.15, 0.2) is 0 Å². The van der Waals surface area contributed by atoms with Crippen LogP contribution in [0.25, 0.3) is 0 Å². The highest BCUT2D eigenvalue weighted by atomic mass is 16.5. The first kappa shape index (κ1) is 16.3. The predicted octanol–water partition coefficient (Wildman–Crippen LogP) is 3.30. The first-order valence-electron chi connectivity index (χ1n) is 8.35. The molecule has 1 aromatic rings. The summed E-state index contributed by atoms with van der Waals surface area (Å²) < 4.78 is 5.68. The van der Waals surface area contributed by atoms with Gasteiger partial charge in [-0.3, -0.25) is 0 Å². The van der Waals surface area contributed by atoms with E-state index in [0.717, 1.165) is 37.8 Å². The van der Waals surface area contributed by atoms with Gasteiger partial charge in [0.25, 0.3) is 0 Å². The molecule has 1 N–H and O–H groups in total. The molecule has 1 aliphatic rings. The summed E-state index contributed by atoms with van der Waals surface area (Å²) in [6, 6.07) is 9.12. The molecule has 1 atom stereocenters. The van der Waals surface area contributed by atoms with E-state index in [1.165, 1.54) is 25.1 Å². The smallest absolute Gasteiger partial charge is 0.119 e. The molecule has 1 fully saturated rings. The standard InChI is InChI=1S/C18H30N2O/c1-4-10-21-18-7-5-6-16(11-18)12-19-13-17-8-9-20(14-17)15(2)3/h5-7,11,15,17,19H,4,8-10,12-14H2,1-3H3. The van der Waals surface area contributed by atoms with Crippen LogP contribution >= 0.6 is 0 Å². The second-order valence-electron chi connectivity index (χ2n) is 6.37. The number of hydrogen-bond acceptors (Lipinski definition) is 3. The van der Waals surface area contributed by atoms with Crippen LogP contribution in [0.5, 0.6) is 5.75 Å². The maximum atomic E-state index is 5.68. The molecule has 2 rings (SSSR count). The van der Waals surface area contributed by atoms with Crippen LogP contribution in [0.3, 0.4) is 0 Å². The normalized spacial score (nSPS) is 19.3. The summed E-state index contributed by atoms with van der Waals surface area (Å²) in [7, 11) is 0.